The molecule has 2 N–H and O–H groups in total. The number of aliphatic hydroxyl groups excluding tert-OH is 1. The van der Waals surface area contributed by atoms with Crippen LogP contribution in [0.3, 0.4) is 0 Å². The SMILES string of the molecule is O=C1CC[C@@]2(CCCN(CCn3cc[nH]c3=O)C2)CN1CCO. The van der Waals surface area contributed by atoms with Crippen LogP contribution in [0.5, 0.6) is 0 Å². The molecule has 2 saturated heterocycles. The van der Waals surface area contributed by atoms with Crippen LogP contribution in [0.15, 0.2) is 17.2 Å². The number of likely N-dealkylation sites (tertiary alicyclic amines) is 2. The molecule has 1 aromatic rings. The van der Waals surface area contributed by atoms with Crippen LogP contribution >= 0.6 is 0 Å². The van der Waals surface area contributed by atoms with Gasteiger partial charge in [-0.2, -0.15) is 0 Å². The Hall–Kier alpha value is -1.60. The predicted molar refractivity (Wildman–Crippen MR) is 86.1 cm³/mol. The van der Waals surface area contributed by atoms with Gasteiger partial charge in [0.05, 0.1) is 6.61 Å². The van der Waals surface area contributed by atoms with Gasteiger partial charge in [0.15, 0.2) is 0 Å². The zero-order chi connectivity index (χ0) is 16.3. The zero-order valence-electron chi connectivity index (χ0n) is 13.5. The Bertz CT molecular complexity index is 596. The monoisotopic (exact) mass is 322 g/mol. The second kappa shape index (κ2) is 6.88. The summed E-state index contributed by atoms with van der Waals surface area (Å²) in [5, 5.41) is 9.15. The maximum absolute atomic E-state index is 12.0. The number of nitrogens with zero attached hydrogens (tertiary/aromatic N) is 3. The van der Waals surface area contributed by atoms with Crippen LogP contribution in [-0.4, -0.2) is 69.7 Å². The van der Waals surface area contributed by atoms with Crippen molar-refractivity contribution in [3.8, 4) is 0 Å². The molecule has 0 aromatic carbocycles. The number of H-pyrrole nitrogens is 1. The summed E-state index contributed by atoms with van der Waals surface area (Å²) in [6, 6.07) is 0. The molecule has 0 aliphatic carbocycles. The smallest absolute Gasteiger partial charge is 0.325 e. The highest BCUT2D eigenvalue weighted by Crippen LogP contribution is 2.38. The van der Waals surface area contributed by atoms with Gasteiger partial charge < -0.3 is 19.9 Å². The van der Waals surface area contributed by atoms with Crippen molar-refractivity contribution in [2.75, 3.05) is 39.3 Å². The summed E-state index contributed by atoms with van der Waals surface area (Å²) in [4.78, 5) is 30.4. The van der Waals surface area contributed by atoms with E-state index in [1.165, 1.54) is 0 Å². The molecule has 0 unspecified atom stereocenters. The van der Waals surface area contributed by atoms with E-state index in [1.54, 1.807) is 17.0 Å². The average molecular weight is 322 g/mol. The molecule has 7 heteroatoms. The number of piperidine rings is 2. The van der Waals surface area contributed by atoms with Crippen LogP contribution in [0.25, 0.3) is 0 Å². The number of aliphatic hydroxyl groups is 1. The number of aromatic nitrogens is 2. The number of hydrogen-bond acceptors (Lipinski definition) is 4. The number of hydrogen-bond donors (Lipinski definition) is 2. The van der Waals surface area contributed by atoms with Crippen molar-refractivity contribution in [1.29, 1.82) is 0 Å². The van der Waals surface area contributed by atoms with E-state index < -0.39 is 0 Å². The Balaban J connectivity index is 1.60. The number of carbonyl (C=O) groups is 1. The van der Waals surface area contributed by atoms with Crippen molar-refractivity contribution in [2.24, 2.45) is 5.41 Å². The minimum absolute atomic E-state index is 0.0297. The molecule has 2 fully saturated rings. The van der Waals surface area contributed by atoms with Crippen LogP contribution in [-0.2, 0) is 11.3 Å². The Labute approximate surface area is 135 Å². The van der Waals surface area contributed by atoms with Gasteiger partial charge in [-0.25, -0.2) is 4.79 Å². The highest BCUT2D eigenvalue weighted by Gasteiger charge is 2.41. The fraction of sp³-hybridized carbons (Fsp3) is 0.750. The van der Waals surface area contributed by atoms with Gasteiger partial charge in [0.25, 0.3) is 0 Å². The van der Waals surface area contributed by atoms with Gasteiger partial charge in [0.2, 0.25) is 5.91 Å². The van der Waals surface area contributed by atoms with E-state index in [1.807, 2.05) is 4.90 Å². The van der Waals surface area contributed by atoms with E-state index in [9.17, 15) is 9.59 Å². The van der Waals surface area contributed by atoms with E-state index in [0.29, 0.717) is 19.5 Å². The molecule has 0 saturated carbocycles. The van der Waals surface area contributed by atoms with Crippen LogP contribution in [0.2, 0.25) is 0 Å². The third kappa shape index (κ3) is 3.67. The van der Waals surface area contributed by atoms with Gasteiger partial charge in [0, 0.05) is 57.0 Å². The fourth-order valence-electron chi connectivity index (χ4n) is 4.04. The van der Waals surface area contributed by atoms with Crippen molar-refractivity contribution >= 4 is 5.91 Å². The van der Waals surface area contributed by atoms with Crippen LogP contribution in [0.4, 0.5) is 0 Å². The van der Waals surface area contributed by atoms with Gasteiger partial charge in [-0.15, -0.1) is 0 Å². The topological polar surface area (TPSA) is 81.6 Å². The summed E-state index contributed by atoms with van der Waals surface area (Å²) in [5.41, 5.74) is 0.0962. The maximum atomic E-state index is 12.0. The maximum Gasteiger partial charge on any atom is 0.325 e. The quantitative estimate of drug-likeness (QED) is 0.791. The molecule has 2 aliphatic rings. The first-order valence-electron chi connectivity index (χ1n) is 8.47. The molecule has 3 rings (SSSR count). The van der Waals surface area contributed by atoms with E-state index in [-0.39, 0.29) is 23.6 Å². The number of nitrogens with one attached hydrogen (secondary N) is 1. The molecule has 1 amide bonds. The second-order valence-corrected chi connectivity index (χ2v) is 6.88. The Morgan fingerprint density at radius 1 is 1.17 bits per heavy atom. The third-order valence-electron chi connectivity index (χ3n) is 5.24. The van der Waals surface area contributed by atoms with Crippen molar-refractivity contribution in [3.63, 3.8) is 0 Å². The zero-order valence-corrected chi connectivity index (χ0v) is 13.5. The lowest BCUT2D eigenvalue weighted by molar-refractivity contribution is -0.140. The average Bonchev–Trinajstić information content (AvgIpc) is 2.95. The summed E-state index contributed by atoms with van der Waals surface area (Å²) in [6.45, 7) is 4.80. The highest BCUT2D eigenvalue weighted by atomic mass is 16.3. The molecule has 0 radical (unpaired) electrons. The molecule has 0 bridgehead atoms. The number of carbonyl (C=O) groups excluding carboxylic acids is 1. The van der Waals surface area contributed by atoms with E-state index in [0.717, 1.165) is 45.4 Å². The lowest BCUT2D eigenvalue weighted by Crippen LogP contribution is -2.54. The Kier molecular flexibility index (Phi) is 4.87. The molecule has 2 aliphatic heterocycles. The van der Waals surface area contributed by atoms with Gasteiger partial charge in [0.1, 0.15) is 0 Å². The van der Waals surface area contributed by atoms with Crippen molar-refractivity contribution in [3.05, 3.63) is 22.9 Å². The predicted octanol–water partition coefficient (Wildman–Crippen LogP) is -0.127. The van der Waals surface area contributed by atoms with E-state index in [2.05, 4.69) is 9.88 Å². The minimum atomic E-state index is -0.0610. The Morgan fingerprint density at radius 3 is 2.78 bits per heavy atom. The number of rotatable bonds is 5. The van der Waals surface area contributed by atoms with Gasteiger partial charge in [-0.05, 0) is 25.8 Å². The van der Waals surface area contributed by atoms with Crippen LogP contribution in [0.1, 0.15) is 25.7 Å². The van der Waals surface area contributed by atoms with Gasteiger partial charge in [-0.3, -0.25) is 9.36 Å². The van der Waals surface area contributed by atoms with Gasteiger partial charge >= 0.3 is 5.69 Å². The largest absolute Gasteiger partial charge is 0.395 e. The summed E-state index contributed by atoms with van der Waals surface area (Å²) in [6.07, 6.45) is 7.25. The first-order valence-corrected chi connectivity index (χ1v) is 8.47. The molecule has 7 nitrogen and oxygen atoms in total. The number of aromatic amines is 1. The van der Waals surface area contributed by atoms with Crippen LogP contribution < -0.4 is 5.69 Å². The second-order valence-electron chi connectivity index (χ2n) is 6.88. The molecule has 1 atom stereocenters. The third-order valence-corrected chi connectivity index (χ3v) is 5.24. The molecule has 1 spiro atoms. The lowest BCUT2D eigenvalue weighted by atomic mass is 9.73. The van der Waals surface area contributed by atoms with Crippen molar-refractivity contribution in [1.82, 2.24) is 19.4 Å². The Morgan fingerprint density at radius 2 is 2.04 bits per heavy atom. The number of β-amino-alcohol motifs (C(OH)–C–C–N with tert-alkyl or cyclic N) is 1. The van der Waals surface area contributed by atoms with Crippen LogP contribution in [0, 0.1) is 5.41 Å². The molecular formula is C16H26N4O3. The van der Waals surface area contributed by atoms with E-state index >= 15 is 0 Å². The van der Waals surface area contributed by atoms with Crippen molar-refractivity contribution < 1.29 is 9.90 Å². The summed E-state index contributed by atoms with van der Waals surface area (Å²) >= 11 is 0. The lowest BCUT2D eigenvalue weighted by Gasteiger charge is -2.48. The molecule has 3 heterocycles. The number of amides is 1. The molecular weight excluding hydrogens is 296 g/mol. The molecule has 23 heavy (non-hydrogen) atoms. The molecule has 128 valence electrons. The summed E-state index contributed by atoms with van der Waals surface area (Å²) in [7, 11) is 0. The number of imidazole rings is 1. The summed E-state index contributed by atoms with van der Waals surface area (Å²) in [5.74, 6) is 0.167. The fourth-order valence-corrected chi connectivity index (χ4v) is 4.04. The standard InChI is InChI=1S/C16H26N4O3/c21-11-10-20-13-16(4-2-14(20)22)3-1-6-18(12-16)8-9-19-7-5-17-15(19)23/h5,7,21H,1-4,6,8-13H2,(H,17,23)/t16-/m1/s1. The molecule has 1 aromatic heterocycles. The normalized spacial score (nSPS) is 26.1. The minimum Gasteiger partial charge on any atom is -0.395 e. The van der Waals surface area contributed by atoms with E-state index in [4.69, 9.17) is 5.11 Å². The summed E-state index contributed by atoms with van der Waals surface area (Å²) < 4.78 is 1.70. The first-order chi connectivity index (χ1) is 11.1. The van der Waals surface area contributed by atoms with Gasteiger partial charge in [-0.1, -0.05) is 0 Å². The highest BCUT2D eigenvalue weighted by molar-refractivity contribution is 5.77. The van der Waals surface area contributed by atoms with Crippen molar-refractivity contribution in [2.45, 2.75) is 32.2 Å². The first kappa shape index (κ1) is 16.3.